The molecule has 1 unspecified atom stereocenters. The van der Waals surface area contributed by atoms with Crippen molar-refractivity contribution >= 4 is 34.9 Å². The van der Waals surface area contributed by atoms with Crippen LogP contribution in [0.2, 0.25) is 10.0 Å². The predicted molar refractivity (Wildman–Crippen MR) is 71.4 cm³/mol. The molecule has 1 aromatic rings. The van der Waals surface area contributed by atoms with Gasteiger partial charge < -0.3 is 16.3 Å². The third kappa shape index (κ3) is 3.78. The third-order valence-electron chi connectivity index (χ3n) is 2.21. The number of amidine groups is 1. The van der Waals surface area contributed by atoms with Gasteiger partial charge in [-0.2, -0.15) is 0 Å². The van der Waals surface area contributed by atoms with Crippen LogP contribution >= 0.6 is 23.2 Å². The molecule has 0 aliphatic heterocycles. The van der Waals surface area contributed by atoms with Crippen LogP contribution in [-0.4, -0.2) is 23.0 Å². The maximum Gasteiger partial charge on any atom is 0.254 e. The molecule has 1 amide bonds. The highest BCUT2D eigenvalue weighted by Crippen LogP contribution is 2.24. The average molecular weight is 290 g/mol. The zero-order valence-corrected chi connectivity index (χ0v) is 11.2. The molecular weight excluding hydrogens is 277 g/mol. The van der Waals surface area contributed by atoms with E-state index < -0.39 is 5.91 Å². The highest BCUT2D eigenvalue weighted by Gasteiger charge is 2.16. The van der Waals surface area contributed by atoms with Crippen LogP contribution < -0.4 is 11.1 Å². The second-order valence-corrected chi connectivity index (χ2v) is 4.58. The SMILES string of the molecule is CC(CC(N)=NO)NC(=O)c1c(Cl)cccc1Cl. The molecule has 0 saturated heterocycles. The number of halogens is 2. The van der Waals surface area contributed by atoms with Crippen molar-refractivity contribution in [2.24, 2.45) is 10.9 Å². The number of nitrogens with zero attached hydrogens (tertiary/aromatic N) is 1. The highest BCUT2D eigenvalue weighted by atomic mass is 35.5. The lowest BCUT2D eigenvalue weighted by molar-refractivity contribution is 0.0941. The number of hydrogen-bond donors (Lipinski definition) is 3. The van der Waals surface area contributed by atoms with Crippen molar-refractivity contribution in [2.75, 3.05) is 0 Å². The number of benzene rings is 1. The van der Waals surface area contributed by atoms with E-state index in [1.165, 1.54) is 0 Å². The first-order valence-corrected chi connectivity index (χ1v) is 5.92. The van der Waals surface area contributed by atoms with E-state index in [1.54, 1.807) is 25.1 Å². The number of rotatable bonds is 4. The fraction of sp³-hybridized carbons (Fsp3) is 0.273. The Labute approximate surface area is 115 Å². The van der Waals surface area contributed by atoms with Gasteiger partial charge in [0.05, 0.1) is 15.6 Å². The maximum absolute atomic E-state index is 11.9. The van der Waals surface area contributed by atoms with Crippen LogP contribution in [0.4, 0.5) is 0 Å². The number of amides is 1. The molecule has 0 aromatic heterocycles. The Morgan fingerprint density at radius 2 is 2.06 bits per heavy atom. The molecule has 5 nitrogen and oxygen atoms in total. The molecule has 4 N–H and O–H groups in total. The molecule has 1 aromatic carbocycles. The summed E-state index contributed by atoms with van der Waals surface area (Å²) in [4.78, 5) is 11.9. The number of nitrogens with one attached hydrogen (secondary N) is 1. The zero-order chi connectivity index (χ0) is 13.7. The maximum atomic E-state index is 11.9. The van der Waals surface area contributed by atoms with Gasteiger partial charge in [-0.3, -0.25) is 4.79 Å². The van der Waals surface area contributed by atoms with Gasteiger partial charge in [0.2, 0.25) is 0 Å². The monoisotopic (exact) mass is 289 g/mol. The molecule has 0 fully saturated rings. The Kier molecular flexibility index (Phi) is 5.25. The minimum absolute atomic E-state index is 0.0352. The summed E-state index contributed by atoms with van der Waals surface area (Å²) in [5.41, 5.74) is 5.56. The normalized spacial score (nSPS) is 13.2. The van der Waals surface area contributed by atoms with Gasteiger partial charge in [-0.15, -0.1) is 0 Å². The Hall–Kier alpha value is -1.46. The number of carbonyl (C=O) groups is 1. The van der Waals surface area contributed by atoms with Crippen molar-refractivity contribution in [3.8, 4) is 0 Å². The molecule has 0 heterocycles. The van der Waals surface area contributed by atoms with E-state index in [4.69, 9.17) is 34.1 Å². The van der Waals surface area contributed by atoms with Crippen LogP contribution in [0.5, 0.6) is 0 Å². The number of nitrogens with two attached hydrogens (primary N) is 1. The Morgan fingerprint density at radius 3 is 2.56 bits per heavy atom. The van der Waals surface area contributed by atoms with Crippen LogP contribution in [0.25, 0.3) is 0 Å². The van der Waals surface area contributed by atoms with E-state index in [0.717, 1.165) is 0 Å². The Balaban J connectivity index is 2.77. The largest absolute Gasteiger partial charge is 0.409 e. The first-order valence-electron chi connectivity index (χ1n) is 5.17. The second-order valence-electron chi connectivity index (χ2n) is 3.77. The fourth-order valence-electron chi connectivity index (χ4n) is 1.42. The minimum Gasteiger partial charge on any atom is -0.409 e. The molecule has 0 aliphatic carbocycles. The molecule has 98 valence electrons. The lowest BCUT2D eigenvalue weighted by Gasteiger charge is -2.14. The second kappa shape index (κ2) is 6.47. The third-order valence-corrected chi connectivity index (χ3v) is 2.84. The van der Waals surface area contributed by atoms with E-state index in [2.05, 4.69) is 10.5 Å². The van der Waals surface area contributed by atoms with Crippen molar-refractivity contribution in [1.82, 2.24) is 5.32 Å². The lowest BCUT2D eigenvalue weighted by Crippen LogP contribution is -2.36. The van der Waals surface area contributed by atoms with Gasteiger partial charge in [-0.1, -0.05) is 34.4 Å². The molecule has 0 radical (unpaired) electrons. The van der Waals surface area contributed by atoms with Crippen molar-refractivity contribution in [3.63, 3.8) is 0 Å². The molecular formula is C11H13Cl2N3O2. The standard InChI is InChI=1S/C11H13Cl2N3O2/c1-6(5-9(14)16-18)15-11(17)10-7(12)3-2-4-8(10)13/h2-4,6,18H,5H2,1H3,(H2,14,16)(H,15,17). The van der Waals surface area contributed by atoms with Crippen molar-refractivity contribution in [1.29, 1.82) is 0 Å². The smallest absolute Gasteiger partial charge is 0.254 e. The molecule has 1 atom stereocenters. The Morgan fingerprint density at radius 1 is 1.50 bits per heavy atom. The van der Waals surface area contributed by atoms with Crippen molar-refractivity contribution in [3.05, 3.63) is 33.8 Å². The summed E-state index contributed by atoms with van der Waals surface area (Å²) < 4.78 is 0. The summed E-state index contributed by atoms with van der Waals surface area (Å²) in [5.74, 6) is -0.364. The van der Waals surface area contributed by atoms with Crippen molar-refractivity contribution < 1.29 is 10.0 Å². The van der Waals surface area contributed by atoms with Crippen molar-refractivity contribution in [2.45, 2.75) is 19.4 Å². The fourth-order valence-corrected chi connectivity index (χ4v) is 1.99. The van der Waals surface area contributed by atoms with Crippen LogP contribution in [0, 0.1) is 0 Å². The summed E-state index contributed by atoms with van der Waals surface area (Å²) >= 11 is 11.8. The summed E-state index contributed by atoms with van der Waals surface area (Å²) in [6.07, 6.45) is 0.226. The number of oxime groups is 1. The average Bonchev–Trinajstić information content (AvgIpc) is 2.28. The van der Waals surface area contributed by atoms with Crippen LogP contribution in [0.1, 0.15) is 23.7 Å². The molecule has 0 spiro atoms. The number of carbonyl (C=O) groups excluding carboxylic acids is 1. The molecule has 1 rings (SSSR count). The summed E-state index contributed by atoms with van der Waals surface area (Å²) in [7, 11) is 0. The summed E-state index contributed by atoms with van der Waals surface area (Å²) in [6.45, 7) is 1.72. The van der Waals surface area contributed by atoms with Crippen LogP contribution in [0.15, 0.2) is 23.4 Å². The summed E-state index contributed by atoms with van der Waals surface area (Å²) in [6, 6.07) is 4.51. The first-order chi connectivity index (χ1) is 8.45. The van der Waals surface area contributed by atoms with Gasteiger partial charge in [0.1, 0.15) is 5.84 Å². The quantitative estimate of drug-likeness (QED) is 0.344. The molecule has 0 saturated carbocycles. The zero-order valence-electron chi connectivity index (χ0n) is 9.65. The minimum atomic E-state index is -0.399. The van der Waals surface area contributed by atoms with E-state index in [-0.39, 0.29) is 33.9 Å². The van der Waals surface area contributed by atoms with Gasteiger partial charge in [0, 0.05) is 12.5 Å². The van der Waals surface area contributed by atoms with Gasteiger partial charge in [-0.25, -0.2) is 0 Å². The highest BCUT2D eigenvalue weighted by molar-refractivity contribution is 6.39. The van der Waals surface area contributed by atoms with Gasteiger partial charge in [0.15, 0.2) is 0 Å². The predicted octanol–water partition coefficient (Wildman–Crippen LogP) is 2.25. The molecule has 0 bridgehead atoms. The molecule has 18 heavy (non-hydrogen) atoms. The van der Waals surface area contributed by atoms with E-state index in [0.29, 0.717) is 0 Å². The first kappa shape index (κ1) is 14.6. The summed E-state index contributed by atoms with van der Waals surface area (Å²) in [5, 5.41) is 14.5. The van der Waals surface area contributed by atoms with E-state index in [1.807, 2.05) is 0 Å². The van der Waals surface area contributed by atoms with E-state index >= 15 is 0 Å². The van der Waals surface area contributed by atoms with Crippen LogP contribution in [-0.2, 0) is 0 Å². The Bertz CT molecular complexity index is 457. The van der Waals surface area contributed by atoms with Gasteiger partial charge >= 0.3 is 0 Å². The van der Waals surface area contributed by atoms with Gasteiger partial charge in [-0.05, 0) is 19.1 Å². The molecule has 7 heteroatoms. The lowest BCUT2D eigenvalue weighted by atomic mass is 10.1. The number of hydrogen-bond acceptors (Lipinski definition) is 3. The van der Waals surface area contributed by atoms with Crippen LogP contribution in [0.3, 0.4) is 0 Å². The van der Waals surface area contributed by atoms with E-state index in [9.17, 15) is 4.79 Å². The molecule has 0 aliphatic rings. The topological polar surface area (TPSA) is 87.7 Å². The van der Waals surface area contributed by atoms with Gasteiger partial charge in [0.25, 0.3) is 5.91 Å².